The van der Waals surface area contributed by atoms with E-state index in [1.165, 1.54) is 0 Å². The summed E-state index contributed by atoms with van der Waals surface area (Å²) in [6.07, 6.45) is 2.11. The summed E-state index contributed by atoms with van der Waals surface area (Å²) < 4.78 is 11.5. The number of rotatable bonds is 3. The minimum atomic E-state index is -0.142. The molecule has 0 aromatic carbocycles. The molecule has 1 aromatic heterocycles. The first-order valence-electron chi connectivity index (χ1n) is 8.35. The van der Waals surface area contributed by atoms with Gasteiger partial charge in [-0.25, -0.2) is 4.79 Å². The smallest absolute Gasteiger partial charge is 0.322 e. The third-order valence-electron chi connectivity index (χ3n) is 4.32. The number of carbonyl (C=O) groups excluding carboxylic acids is 1. The van der Waals surface area contributed by atoms with Crippen LogP contribution in [0.25, 0.3) is 0 Å². The largest absolute Gasteiger partial charge is 0.375 e. The quantitative estimate of drug-likeness (QED) is 0.896. The average Bonchev–Trinajstić information content (AvgIpc) is 3.09. The standard InChI is InChI=1S/C16H25N5O3/c1-11-9-12(15(19-18-11)20(2)3)17-16(22)21-6-8-24-14(10-21)13-5-4-7-23-13/h9,13-14H,4-8,10H2,1-3H3,(H,17,18,22). The van der Waals surface area contributed by atoms with Crippen LogP contribution in [-0.4, -0.2) is 73.7 Å². The number of nitrogens with one attached hydrogen (secondary N) is 1. The summed E-state index contributed by atoms with van der Waals surface area (Å²) in [5, 5.41) is 11.2. The van der Waals surface area contributed by atoms with Gasteiger partial charge in [0.1, 0.15) is 6.10 Å². The van der Waals surface area contributed by atoms with Crippen LogP contribution in [0, 0.1) is 6.92 Å². The Morgan fingerprint density at radius 3 is 2.79 bits per heavy atom. The fraction of sp³-hybridized carbons (Fsp3) is 0.688. The first-order valence-corrected chi connectivity index (χ1v) is 8.35. The van der Waals surface area contributed by atoms with E-state index in [9.17, 15) is 4.79 Å². The molecule has 1 aromatic rings. The summed E-state index contributed by atoms with van der Waals surface area (Å²) in [6.45, 7) is 4.29. The van der Waals surface area contributed by atoms with Crippen molar-refractivity contribution in [2.45, 2.75) is 32.0 Å². The summed E-state index contributed by atoms with van der Waals surface area (Å²) >= 11 is 0. The first kappa shape index (κ1) is 16.9. The maximum atomic E-state index is 12.7. The Bertz CT molecular complexity index is 589. The molecule has 8 heteroatoms. The van der Waals surface area contributed by atoms with Crippen LogP contribution in [0.4, 0.5) is 16.3 Å². The highest BCUT2D eigenvalue weighted by Gasteiger charge is 2.33. The molecule has 24 heavy (non-hydrogen) atoms. The van der Waals surface area contributed by atoms with Crippen molar-refractivity contribution in [2.75, 3.05) is 50.6 Å². The zero-order valence-electron chi connectivity index (χ0n) is 14.5. The summed E-state index contributed by atoms with van der Waals surface area (Å²) in [5.41, 5.74) is 1.42. The molecule has 132 valence electrons. The predicted molar refractivity (Wildman–Crippen MR) is 90.4 cm³/mol. The van der Waals surface area contributed by atoms with E-state index >= 15 is 0 Å². The molecule has 2 unspecified atom stereocenters. The van der Waals surface area contributed by atoms with Crippen LogP contribution in [0.15, 0.2) is 6.07 Å². The summed E-state index contributed by atoms with van der Waals surface area (Å²) in [4.78, 5) is 16.3. The van der Waals surface area contributed by atoms with E-state index in [2.05, 4.69) is 15.5 Å². The highest BCUT2D eigenvalue weighted by atomic mass is 16.5. The molecule has 2 aliphatic heterocycles. The number of aryl methyl sites for hydroxylation is 1. The number of morpholine rings is 1. The normalized spacial score (nSPS) is 24.0. The van der Waals surface area contributed by atoms with Crippen molar-refractivity contribution in [3.63, 3.8) is 0 Å². The van der Waals surface area contributed by atoms with Crippen LogP contribution in [0.5, 0.6) is 0 Å². The van der Waals surface area contributed by atoms with Crippen LogP contribution < -0.4 is 10.2 Å². The Morgan fingerprint density at radius 1 is 1.29 bits per heavy atom. The number of nitrogens with zero attached hydrogens (tertiary/aromatic N) is 4. The van der Waals surface area contributed by atoms with Gasteiger partial charge in [-0.15, -0.1) is 5.10 Å². The van der Waals surface area contributed by atoms with Crippen LogP contribution >= 0.6 is 0 Å². The molecule has 0 radical (unpaired) electrons. The summed E-state index contributed by atoms with van der Waals surface area (Å²) in [6, 6.07) is 1.69. The van der Waals surface area contributed by atoms with Gasteiger partial charge in [-0.2, -0.15) is 5.10 Å². The van der Waals surface area contributed by atoms with Gasteiger partial charge in [-0.3, -0.25) is 0 Å². The van der Waals surface area contributed by atoms with Crippen LogP contribution in [-0.2, 0) is 9.47 Å². The molecule has 0 saturated carbocycles. The number of carbonyl (C=O) groups is 1. The zero-order chi connectivity index (χ0) is 17.1. The number of urea groups is 1. The maximum Gasteiger partial charge on any atom is 0.322 e. The van der Waals surface area contributed by atoms with E-state index in [-0.39, 0.29) is 18.2 Å². The molecular weight excluding hydrogens is 310 g/mol. The molecular formula is C16H25N5O3. The van der Waals surface area contributed by atoms with Gasteiger partial charge in [-0.05, 0) is 25.8 Å². The van der Waals surface area contributed by atoms with Gasteiger partial charge in [-0.1, -0.05) is 0 Å². The number of amides is 2. The first-order chi connectivity index (χ1) is 11.5. The highest BCUT2D eigenvalue weighted by Crippen LogP contribution is 2.24. The Kier molecular flexibility index (Phi) is 5.15. The zero-order valence-corrected chi connectivity index (χ0v) is 14.5. The second-order valence-corrected chi connectivity index (χ2v) is 6.45. The fourth-order valence-electron chi connectivity index (χ4n) is 3.08. The third-order valence-corrected chi connectivity index (χ3v) is 4.32. The lowest BCUT2D eigenvalue weighted by Crippen LogP contribution is -2.51. The lowest BCUT2D eigenvalue weighted by Gasteiger charge is -2.35. The van der Waals surface area contributed by atoms with Crippen LogP contribution in [0.1, 0.15) is 18.5 Å². The number of aromatic nitrogens is 2. The van der Waals surface area contributed by atoms with Crippen molar-refractivity contribution in [1.29, 1.82) is 0 Å². The molecule has 0 spiro atoms. The van der Waals surface area contributed by atoms with Crippen molar-refractivity contribution < 1.29 is 14.3 Å². The van der Waals surface area contributed by atoms with E-state index in [1.54, 1.807) is 4.90 Å². The van der Waals surface area contributed by atoms with Crippen LogP contribution in [0.2, 0.25) is 0 Å². The van der Waals surface area contributed by atoms with Gasteiger partial charge in [0.05, 0.1) is 30.6 Å². The lowest BCUT2D eigenvalue weighted by molar-refractivity contribution is -0.0839. The highest BCUT2D eigenvalue weighted by molar-refractivity contribution is 5.92. The van der Waals surface area contributed by atoms with Crippen molar-refractivity contribution in [3.05, 3.63) is 11.8 Å². The molecule has 1 N–H and O–H groups in total. The van der Waals surface area contributed by atoms with Crippen LogP contribution in [0.3, 0.4) is 0 Å². The second kappa shape index (κ2) is 7.31. The van der Waals surface area contributed by atoms with E-state index in [0.717, 1.165) is 25.1 Å². The molecule has 2 atom stereocenters. The molecule has 3 heterocycles. The Morgan fingerprint density at radius 2 is 2.08 bits per heavy atom. The minimum absolute atomic E-state index is 0.0439. The number of hydrogen-bond acceptors (Lipinski definition) is 6. The fourth-order valence-corrected chi connectivity index (χ4v) is 3.08. The summed E-state index contributed by atoms with van der Waals surface area (Å²) in [5.74, 6) is 0.637. The van der Waals surface area contributed by atoms with Gasteiger partial charge < -0.3 is 24.6 Å². The lowest BCUT2D eigenvalue weighted by atomic mass is 10.1. The van der Waals surface area contributed by atoms with E-state index in [4.69, 9.17) is 9.47 Å². The van der Waals surface area contributed by atoms with E-state index in [1.807, 2.05) is 32.0 Å². The van der Waals surface area contributed by atoms with Gasteiger partial charge in [0.25, 0.3) is 0 Å². The number of anilines is 2. The average molecular weight is 335 g/mol. The molecule has 0 aliphatic carbocycles. The number of hydrogen-bond donors (Lipinski definition) is 1. The molecule has 2 saturated heterocycles. The van der Waals surface area contributed by atoms with Gasteiger partial charge in [0.2, 0.25) is 0 Å². The molecule has 8 nitrogen and oxygen atoms in total. The van der Waals surface area contributed by atoms with Gasteiger partial charge in [0.15, 0.2) is 5.82 Å². The SMILES string of the molecule is Cc1cc(NC(=O)N2CCOC(C3CCCO3)C2)c(N(C)C)nn1. The maximum absolute atomic E-state index is 12.7. The Hall–Kier alpha value is -1.93. The van der Waals surface area contributed by atoms with Crippen molar-refractivity contribution >= 4 is 17.5 Å². The molecule has 2 amide bonds. The molecule has 0 bridgehead atoms. The predicted octanol–water partition coefficient (Wildman–Crippen LogP) is 1.26. The van der Waals surface area contributed by atoms with Crippen molar-refractivity contribution in [3.8, 4) is 0 Å². The topological polar surface area (TPSA) is 79.8 Å². The minimum Gasteiger partial charge on any atom is -0.375 e. The van der Waals surface area contributed by atoms with E-state index < -0.39 is 0 Å². The van der Waals surface area contributed by atoms with Crippen molar-refractivity contribution in [1.82, 2.24) is 15.1 Å². The molecule has 2 aliphatic rings. The van der Waals surface area contributed by atoms with E-state index in [0.29, 0.717) is 31.2 Å². The van der Waals surface area contributed by atoms with Gasteiger partial charge >= 0.3 is 6.03 Å². The Labute approximate surface area is 142 Å². The molecule has 3 rings (SSSR count). The van der Waals surface area contributed by atoms with Gasteiger partial charge in [0, 0.05) is 27.2 Å². The molecule has 2 fully saturated rings. The second-order valence-electron chi connectivity index (χ2n) is 6.45. The Balaban J connectivity index is 1.67. The number of ether oxygens (including phenoxy) is 2. The summed E-state index contributed by atoms with van der Waals surface area (Å²) in [7, 11) is 3.74. The third kappa shape index (κ3) is 3.76. The monoisotopic (exact) mass is 335 g/mol. The van der Waals surface area contributed by atoms with Crippen molar-refractivity contribution in [2.24, 2.45) is 0 Å².